The Morgan fingerprint density at radius 3 is 1.46 bits per heavy atom. The van der Waals surface area contributed by atoms with E-state index in [-0.39, 0.29) is 5.92 Å². The molecule has 1 unspecified atom stereocenters. The predicted octanol–water partition coefficient (Wildman–Crippen LogP) is 6.96. The molecule has 0 bridgehead atoms. The van der Waals surface area contributed by atoms with Gasteiger partial charge in [0.1, 0.15) is 0 Å². The average molecular weight is 353 g/mol. The molecule has 0 N–H and O–H groups in total. The number of halogens is 3. The molecule has 0 aliphatic rings. The van der Waals surface area contributed by atoms with Gasteiger partial charge in [0.15, 0.2) is 0 Å². The molecule has 0 radical (unpaired) electrons. The van der Waals surface area contributed by atoms with E-state index in [0.29, 0.717) is 6.42 Å². The zero-order valence-corrected chi connectivity index (χ0v) is 16.6. The van der Waals surface area contributed by atoms with E-state index in [1.54, 1.807) is 0 Å². The van der Waals surface area contributed by atoms with Crippen LogP contribution in [0.3, 0.4) is 0 Å². The maximum Gasteiger partial charge on any atom is 0.389 e. The lowest BCUT2D eigenvalue weighted by Gasteiger charge is -2.39. The van der Waals surface area contributed by atoms with Crippen molar-refractivity contribution < 1.29 is 17.7 Å². The molecule has 4 heteroatoms. The standard InChI is InChI=1S/C20H41F3N/c1-5-9-14-24(15-10-6-2,16-11-7-3)17-12-13-19(8-4)18-20(21,22)23/h19H,5-18H2,1-4H3/q+1. The first kappa shape index (κ1) is 23.8. The first-order chi connectivity index (χ1) is 11.3. The van der Waals surface area contributed by atoms with Crippen LogP contribution in [0.4, 0.5) is 13.2 Å². The third-order valence-corrected chi connectivity index (χ3v) is 5.30. The largest absolute Gasteiger partial charge is 0.389 e. The van der Waals surface area contributed by atoms with Gasteiger partial charge < -0.3 is 4.48 Å². The van der Waals surface area contributed by atoms with Crippen LogP contribution in [0.1, 0.15) is 91.9 Å². The van der Waals surface area contributed by atoms with Crippen molar-refractivity contribution >= 4 is 0 Å². The Morgan fingerprint density at radius 1 is 0.708 bits per heavy atom. The van der Waals surface area contributed by atoms with Gasteiger partial charge in [-0.3, -0.25) is 0 Å². The highest BCUT2D eigenvalue weighted by Gasteiger charge is 2.32. The molecule has 24 heavy (non-hydrogen) atoms. The van der Waals surface area contributed by atoms with Gasteiger partial charge in [-0.05, 0) is 38.0 Å². The molecule has 0 aromatic rings. The van der Waals surface area contributed by atoms with Crippen LogP contribution in [0.25, 0.3) is 0 Å². The topological polar surface area (TPSA) is 0 Å². The minimum Gasteiger partial charge on any atom is -0.324 e. The van der Waals surface area contributed by atoms with Gasteiger partial charge in [-0.25, -0.2) is 0 Å². The second-order valence-corrected chi connectivity index (χ2v) is 7.53. The van der Waals surface area contributed by atoms with E-state index >= 15 is 0 Å². The summed E-state index contributed by atoms with van der Waals surface area (Å²) in [6.07, 6.45) is 4.96. The molecule has 0 spiro atoms. The molecule has 0 rings (SSSR count). The lowest BCUT2D eigenvalue weighted by atomic mass is 9.95. The molecule has 1 nitrogen and oxygen atoms in total. The number of unbranched alkanes of at least 4 members (excludes halogenated alkanes) is 3. The van der Waals surface area contributed by atoms with Crippen LogP contribution >= 0.6 is 0 Å². The van der Waals surface area contributed by atoms with Gasteiger partial charge in [0.2, 0.25) is 0 Å². The van der Waals surface area contributed by atoms with Crippen molar-refractivity contribution in [2.75, 3.05) is 26.2 Å². The number of rotatable bonds is 15. The number of alkyl halides is 3. The summed E-state index contributed by atoms with van der Waals surface area (Å²) in [5.74, 6) is -0.199. The Kier molecular flexibility index (Phi) is 12.9. The number of quaternary nitrogens is 1. The minimum absolute atomic E-state index is 0.199. The van der Waals surface area contributed by atoms with Crippen LogP contribution in [0.15, 0.2) is 0 Å². The molecule has 0 aliphatic carbocycles. The molecule has 0 saturated carbocycles. The van der Waals surface area contributed by atoms with E-state index in [4.69, 9.17) is 0 Å². The lowest BCUT2D eigenvalue weighted by molar-refractivity contribution is -0.929. The van der Waals surface area contributed by atoms with Gasteiger partial charge in [0, 0.05) is 6.42 Å². The minimum atomic E-state index is -4.01. The highest BCUT2D eigenvalue weighted by molar-refractivity contribution is 4.63. The normalized spacial score (nSPS) is 14.1. The Morgan fingerprint density at radius 2 is 1.12 bits per heavy atom. The SMILES string of the molecule is CCCC[N+](CCCC)(CCCC)CCCC(CC)CC(F)(F)F. The van der Waals surface area contributed by atoms with E-state index in [9.17, 15) is 13.2 Å². The van der Waals surface area contributed by atoms with E-state index in [1.807, 2.05) is 6.92 Å². The third kappa shape index (κ3) is 11.3. The van der Waals surface area contributed by atoms with Crippen molar-refractivity contribution in [3.8, 4) is 0 Å². The van der Waals surface area contributed by atoms with Gasteiger partial charge in [0.25, 0.3) is 0 Å². The van der Waals surface area contributed by atoms with E-state index in [2.05, 4.69) is 20.8 Å². The number of hydrogen-bond donors (Lipinski definition) is 0. The Balaban J connectivity index is 4.69. The molecular weight excluding hydrogens is 311 g/mol. The zero-order chi connectivity index (χ0) is 18.5. The van der Waals surface area contributed by atoms with Crippen molar-refractivity contribution in [1.82, 2.24) is 0 Å². The van der Waals surface area contributed by atoms with Crippen LogP contribution in [0.5, 0.6) is 0 Å². The molecular formula is C20H41F3N+. The summed E-state index contributed by atoms with van der Waals surface area (Å²) >= 11 is 0. The highest BCUT2D eigenvalue weighted by atomic mass is 19.4. The van der Waals surface area contributed by atoms with Crippen LogP contribution in [-0.2, 0) is 0 Å². The van der Waals surface area contributed by atoms with Gasteiger partial charge in [-0.15, -0.1) is 0 Å². The Labute approximate surface area is 148 Å². The van der Waals surface area contributed by atoms with Crippen molar-refractivity contribution in [3.63, 3.8) is 0 Å². The van der Waals surface area contributed by atoms with Crippen LogP contribution in [0, 0.1) is 5.92 Å². The lowest BCUT2D eigenvalue weighted by Crippen LogP contribution is -2.50. The first-order valence-corrected chi connectivity index (χ1v) is 10.2. The van der Waals surface area contributed by atoms with Crippen LogP contribution < -0.4 is 0 Å². The summed E-state index contributed by atoms with van der Waals surface area (Å²) in [6, 6.07) is 0. The van der Waals surface area contributed by atoms with Crippen LogP contribution in [0.2, 0.25) is 0 Å². The summed E-state index contributed by atoms with van der Waals surface area (Å²) in [5.41, 5.74) is 0. The molecule has 0 aromatic heterocycles. The summed E-state index contributed by atoms with van der Waals surface area (Å²) in [7, 11) is 0. The van der Waals surface area contributed by atoms with Crippen molar-refractivity contribution in [3.05, 3.63) is 0 Å². The summed E-state index contributed by atoms with van der Waals surface area (Å²) in [5, 5.41) is 0. The monoisotopic (exact) mass is 352 g/mol. The van der Waals surface area contributed by atoms with Crippen molar-refractivity contribution in [1.29, 1.82) is 0 Å². The zero-order valence-electron chi connectivity index (χ0n) is 16.6. The molecule has 0 fully saturated rings. The average Bonchev–Trinajstić information content (AvgIpc) is 2.53. The third-order valence-electron chi connectivity index (χ3n) is 5.30. The first-order valence-electron chi connectivity index (χ1n) is 10.2. The van der Waals surface area contributed by atoms with Gasteiger partial charge in [-0.2, -0.15) is 13.2 Å². The fourth-order valence-electron chi connectivity index (χ4n) is 3.64. The Hall–Kier alpha value is -0.250. The molecule has 1 atom stereocenters. The fraction of sp³-hybridized carbons (Fsp3) is 1.00. The summed E-state index contributed by atoms with van der Waals surface area (Å²) < 4.78 is 39.1. The fourth-order valence-corrected chi connectivity index (χ4v) is 3.64. The molecule has 146 valence electrons. The quantitative estimate of drug-likeness (QED) is 0.279. The molecule has 0 saturated heterocycles. The molecule has 0 amide bonds. The van der Waals surface area contributed by atoms with Gasteiger partial charge in [-0.1, -0.05) is 53.4 Å². The second-order valence-electron chi connectivity index (χ2n) is 7.53. The summed E-state index contributed by atoms with van der Waals surface area (Å²) in [4.78, 5) is 0. The van der Waals surface area contributed by atoms with Crippen LogP contribution in [-0.4, -0.2) is 36.8 Å². The number of nitrogens with zero attached hydrogens (tertiary/aromatic N) is 1. The Bertz CT molecular complexity index is 267. The van der Waals surface area contributed by atoms with Gasteiger partial charge in [0.05, 0.1) is 26.2 Å². The highest BCUT2D eigenvalue weighted by Crippen LogP contribution is 2.29. The maximum atomic E-state index is 12.6. The van der Waals surface area contributed by atoms with E-state index in [0.717, 1.165) is 23.9 Å². The summed E-state index contributed by atoms with van der Waals surface area (Å²) in [6.45, 7) is 13.2. The van der Waals surface area contributed by atoms with E-state index in [1.165, 1.54) is 58.2 Å². The van der Waals surface area contributed by atoms with Crippen molar-refractivity contribution in [2.24, 2.45) is 5.92 Å². The predicted molar refractivity (Wildman–Crippen MR) is 98.1 cm³/mol. The van der Waals surface area contributed by atoms with E-state index < -0.39 is 12.6 Å². The number of hydrogen-bond acceptors (Lipinski definition) is 0. The van der Waals surface area contributed by atoms with Gasteiger partial charge >= 0.3 is 6.18 Å². The molecule has 0 aromatic carbocycles. The molecule has 0 aliphatic heterocycles. The molecule has 0 heterocycles. The smallest absolute Gasteiger partial charge is 0.324 e. The van der Waals surface area contributed by atoms with Crippen molar-refractivity contribution in [2.45, 2.75) is 98.1 Å². The maximum absolute atomic E-state index is 12.6. The second kappa shape index (κ2) is 13.0.